The summed E-state index contributed by atoms with van der Waals surface area (Å²) in [5.41, 5.74) is -0.0382. The summed E-state index contributed by atoms with van der Waals surface area (Å²) in [5, 5.41) is 13.1. The second-order valence-electron chi connectivity index (χ2n) is 6.72. The first-order chi connectivity index (χ1) is 13.8. The van der Waals surface area contributed by atoms with Crippen LogP contribution < -0.4 is 0 Å². The minimum Gasteiger partial charge on any atom is -0.453 e. The second-order valence-corrected chi connectivity index (χ2v) is 6.72. The number of carbonyl (C=O) groups is 1. The van der Waals surface area contributed by atoms with Gasteiger partial charge in [0, 0.05) is 24.4 Å². The van der Waals surface area contributed by atoms with E-state index in [-0.39, 0.29) is 35.9 Å². The molecule has 3 heterocycles. The Labute approximate surface area is 162 Å². The first kappa shape index (κ1) is 19.2. The average molecular weight is 407 g/mol. The number of rotatable bonds is 4. The number of alkyl halides is 3. The molecule has 0 bridgehead atoms. The van der Waals surface area contributed by atoms with E-state index in [1.54, 1.807) is 24.5 Å². The highest BCUT2D eigenvalue weighted by Gasteiger charge is 2.46. The molecular formula is C19H16F3N3O4. The molecule has 10 heteroatoms. The molecule has 0 aliphatic heterocycles. The summed E-state index contributed by atoms with van der Waals surface area (Å²) in [6.07, 6.45) is -1.39. The van der Waals surface area contributed by atoms with Gasteiger partial charge in [0.1, 0.15) is 11.3 Å². The van der Waals surface area contributed by atoms with E-state index < -0.39 is 30.3 Å². The smallest absolute Gasteiger partial charge is 0.421 e. The van der Waals surface area contributed by atoms with E-state index in [9.17, 15) is 18.0 Å². The fourth-order valence-electron chi connectivity index (χ4n) is 3.53. The molecule has 3 aromatic heterocycles. The molecule has 152 valence electrons. The first-order valence-electron chi connectivity index (χ1n) is 8.78. The van der Waals surface area contributed by atoms with E-state index in [1.807, 2.05) is 13.0 Å². The van der Waals surface area contributed by atoms with Gasteiger partial charge < -0.3 is 14.3 Å². The molecule has 7 nitrogen and oxygen atoms in total. The van der Waals surface area contributed by atoms with Crippen LogP contribution in [0.3, 0.4) is 0 Å². The lowest BCUT2D eigenvalue weighted by atomic mass is 9.86. The maximum Gasteiger partial charge on any atom is 0.421 e. The van der Waals surface area contributed by atoms with Gasteiger partial charge in [-0.05, 0) is 18.1 Å². The Balaban J connectivity index is 1.85. The summed E-state index contributed by atoms with van der Waals surface area (Å²) in [4.78, 5) is 16.2. The van der Waals surface area contributed by atoms with Crippen LogP contribution in [0.4, 0.5) is 13.2 Å². The highest BCUT2D eigenvalue weighted by atomic mass is 19.4. The Bertz CT molecular complexity index is 1060. The molecule has 3 aromatic rings. The van der Waals surface area contributed by atoms with Crippen LogP contribution in [0.25, 0.3) is 11.3 Å². The van der Waals surface area contributed by atoms with Crippen molar-refractivity contribution >= 4 is 5.97 Å². The molecule has 0 saturated heterocycles. The Kier molecular flexibility index (Phi) is 4.65. The van der Waals surface area contributed by atoms with Crippen molar-refractivity contribution in [2.24, 2.45) is 0 Å². The number of carbonyl (C=O) groups excluding carboxylic acids is 1. The van der Waals surface area contributed by atoms with Crippen LogP contribution >= 0.6 is 0 Å². The van der Waals surface area contributed by atoms with E-state index in [1.165, 1.54) is 4.68 Å². The normalized spacial score (nSPS) is 15.7. The molecule has 0 radical (unpaired) electrons. The van der Waals surface area contributed by atoms with E-state index in [0.29, 0.717) is 11.3 Å². The Morgan fingerprint density at radius 1 is 1.41 bits per heavy atom. The van der Waals surface area contributed by atoms with Gasteiger partial charge in [-0.1, -0.05) is 13.0 Å². The second kappa shape index (κ2) is 7.03. The average Bonchev–Trinajstić information content (AvgIpc) is 3.24. The first-order valence-corrected chi connectivity index (χ1v) is 8.78. The fraction of sp³-hybridized carbons (Fsp3) is 0.316. The lowest BCUT2D eigenvalue weighted by Crippen LogP contribution is -2.15. The van der Waals surface area contributed by atoms with Crippen molar-refractivity contribution < 1.29 is 32.2 Å². The van der Waals surface area contributed by atoms with Crippen LogP contribution in [-0.2, 0) is 23.9 Å². The zero-order valence-corrected chi connectivity index (χ0v) is 15.2. The number of hydrogen-bond acceptors (Lipinski definition) is 6. The predicted molar refractivity (Wildman–Crippen MR) is 92.9 cm³/mol. The van der Waals surface area contributed by atoms with E-state index >= 15 is 0 Å². The maximum atomic E-state index is 13.8. The summed E-state index contributed by atoms with van der Waals surface area (Å²) in [6.45, 7) is 1.08. The van der Waals surface area contributed by atoms with Crippen LogP contribution in [-0.4, -0.2) is 32.6 Å². The van der Waals surface area contributed by atoms with Crippen LogP contribution in [0.2, 0.25) is 0 Å². The Hall–Kier alpha value is -3.14. The highest BCUT2D eigenvalue weighted by molar-refractivity contribution is 5.92. The summed E-state index contributed by atoms with van der Waals surface area (Å²) >= 11 is 0. The van der Waals surface area contributed by atoms with Crippen molar-refractivity contribution in [1.29, 1.82) is 0 Å². The Morgan fingerprint density at radius 3 is 2.86 bits per heavy atom. The number of hydrogen-bond donors (Lipinski definition) is 1. The van der Waals surface area contributed by atoms with Gasteiger partial charge in [-0.25, -0.2) is 4.79 Å². The molecule has 1 unspecified atom stereocenters. The number of ether oxygens (including phenoxy) is 1. The number of esters is 1. The van der Waals surface area contributed by atoms with Gasteiger partial charge >= 0.3 is 12.1 Å². The predicted octanol–water partition coefficient (Wildman–Crippen LogP) is 3.37. The minimum atomic E-state index is -4.87. The van der Waals surface area contributed by atoms with Crippen molar-refractivity contribution in [2.75, 3.05) is 6.79 Å². The quantitative estimate of drug-likeness (QED) is 0.527. The fourth-order valence-corrected chi connectivity index (χ4v) is 3.53. The summed E-state index contributed by atoms with van der Waals surface area (Å²) in [6, 6.07) is 5.36. The van der Waals surface area contributed by atoms with Gasteiger partial charge in [0.05, 0.1) is 23.5 Å². The monoisotopic (exact) mass is 407 g/mol. The van der Waals surface area contributed by atoms with Crippen molar-refractivity contribution in [1.82, 2.24) is 14.8 Å². The molecule has 1 aliphatic carbocycles. The van der Waals surface area contributed by atoms with Gasteiger partial charge in [-0.2, -0.15) is 18.3 Å². The maximum absolute atomic E-state index is 13.8. The molecule has 29 heavy (non-hydrogen) atoms. The number of aliphatic hydroxyl groups excluding tert-OH is 1. The lowest BCUT2D eigenvalue weighted by molar-refractivity contribution is -0.138. The summed E-state index contributed by atoms with van der Waals surface area (Å²) < 4.78 is 52.6. The topological polar surface area (TPSA) is 90.4 Å². The number of furan rings is 1. The highest BCUT2D eigenvalue weighted by Crippen LogP contribution is 2.48. The van der Waals surface area contributed by atoms with Crippen molar-refractivity contribution in [2.45, 2.75) is 32.0 Å². The molecule has 1 N–H and O–H groups in total. The molecule has 1 atom stereocenters. The SMILES string of the molecule is CC1Cc2oc(C(=O)OCO)c(C(F)(F)F)c2-c2nn(Cc3ccccn3)cc21. The largest absolute Gasteiger partial charge is 0.453 e. The van der Waals surface area contributed by atoms with Crippen LogP contribution in [0, 0.1) is 0 Å². The number of fused-ring (bicyclic) bond motifs is 3. The van der Waals surface area contributed by atoms with Gasteiger partial charge in [-0.3, -0.25) is 9.67 Å². The number of aliphatic hydroxyl groups is 1. The summed E-state index contributed by atoms with van der Waals surface area (Å²) in [7, 11) is 0. The molecule has 0 aromatic carbocycles. The molecule has 1 aliphatic rings. The number of halogens is 3. The van der Waals surface area contributed by atoms with Crippen molar-refractivity contribution in [3.63, 3.8) is 0 Å². The Morgan fingerprint density at radius 2 is 2.21 bits per heavy atom. The van der Waals surface area contributed by atoms with Gasteiger partial charge in [-0.15, -0.1) is 0 Å². The van der Waals surface area contributed by atoms with Crippen LogP contribution in [0.1, 0.15) is 46.0 Å². The minimum absolute atomic E-state index is 0.0188. The number of nitrogens with zero attached hydrogens (tertiary/aromatic N) is 3. The zero-order chi connectivity index (χ0) is 20.8. The molecule has 4 rings (SSSR count). The van der Waals surface area contributed by atoms with E-state index in [2.05, 4.69) is 14.8 Å². The van der Waals surface area contributed by atoms with Gasteiger partial charge in [0.2, 0.25) is 5.76 Å². The summed E-state index contributed by atoms with van der Waals surface area (Å²) in [5.74, 6) is -2.50. The molecule has 0 saturated carbocycles. The molecular weight excluding hydrogens is 391 g/mol. The third-order valence-electron chi connectivity index (χ3n) is 4.75. The van der Waals surface area contributed by atoms with Crippen molar-refractivity contribution in [3.8, 4) is 11.3 Å². The standard InChI is InChI=1S/C19H16F3N3O4/c1-10-6-13-14(15(19(20,21)22)17(29-13)18(27)28-9-26)16-12(10)8-25(24-16)7-11-4-2-3-5-23-11/h2-5,8,10,26H,6-7,9H2,1H3. The third kappa shape index (κ3) is 3.39. The van der Waals surface area contributed by atoms with Gasteiger partial charge in [0.25, 0.3) is 0 Å². The molecule has 0 fully saturated rings. The van der Waals surface area contributed by atoms with Gasteiger partial charge in [0.15, 0.2) is 6.79 Å². The van der Waals surface area contributed by atoms with Crippen molar-refractivity contribution in [3.05, 3.63) is 58.9 Å². The number of aromatic nitrogens is 3. The van der Waals surface area contributed by atoms with E-state index in [0.717, 1.165) is 0 Å². The van der Waals surface area contributed by atoms with E-state index in [4.69, 9.17) is 9.52 Å². The molecule has 0 amide bonds. The third-order valence-corrected chi connectivity index (χ3v) is 4.75. The number of pyridine rings is 1. The van der Waals surface area contributed by atoms with Crippen LogP contribution in [0.15, 0.2) is 35.0 Å². The zero-order valence-electron chi connectivity index (χ0n) is 15.2. The molecule has 0 spiro atoms. The van der Waals surface area contributed by atoms with Crippen LogP contribution in [0.5, 0.6) is 0 Å². The lowest BCUT2D eigenvalue weighted by Gasteiger charge is -2.17.